The number of carbonyl (C=O) groups is 1. The van der Waals surface area contributed by atoms with Crippen molar-refractivity contribution in [2.24, 2.45) is 0 Å². The van der Waals surface area contributed by atoms with Gasteiger partial charge in [-0.05, 0) is 41.0 Å². The van der Waals surface area contributed by atoms with E-state index in [9.17, 15) is 4.79 Å². The number of carbonyl (C=O) groups excluding carboxylic acids is 1. The van der Waals surface area contributed by atoms with E-state index < -0.39 is 0 Å². The molecule has 0 saturated heterocycles. The number of para-hydroxylation sites is 1. The van der Waals surface area contributed by atoms with Crippen LogP contribution in [0.15, 0.2) is 84.9 Å². The fourth-order valence-electron chi connectivity index (χ4n) is 3.32. The Morgan fingerprint density at radius 2 is 1.38 bits per heavy atom. The maximum absolute atomic E-state index is 13.3. The fourth-order valence-corrected chi connectivity index (χ4v) is 3.32. The molecule has 3 aromatic carbocycles. The van der Waals surface area contributed by atoms with Gasteiger partial charge >= 0.3 is 0 Å². The monoisotopic (exact) mass is 341 g/mol. The second-order valence-corrected chi connectivity index (χ2v) is 6.17. The van der Waals surface area contributed by atoms with Crippen molar-refractivity contribution < 1.29 is 9.53 Å². The molecule has 0 aromatic heterocycles. The van der Waals surface area contributed by atoms with E-state index in [4.69, 9.17) is 4.74 Å². The maximum atomic E-state index is 13.3. The first kappa shape index (κ1) is 16.2. The summed E-state index contributed by atoms with van der Waals surface area (Å²) in [4.78, 5) is 15.1. The van der Waals surface area contributed by atoms with Gasteiger partial charge in [0.2, 0.25) is 0 Å². The summed E-state index contributed by atoms with van der Waals surface area (Å²) in [5.74, 6) is 0.807. The van der Waals surface area contributed by atoms with Gasteiger partial charge in [0, 0.05) is 5.69 Å². The molecule has 0 unspecified atom stereocenters. The summed E-state index contributed by atoms with van der Waals surface area (Å²) in [6.45, 7) is 0.564. The minimum absolute atomic E-state index is 0.0280. The van der Waals surface area contributed by atoms with Crippen LogP contribution in [0.4, 0.5) is 5.69 Å². The lowest BCUT2D eigenvalue weighted by Crippen LogP contribution is -2.26. The molecule has 0 fully saturated rings. The quantitative estimate of drug-likeness (QED) is 0.691. The van der Waals surface area contributed by atoms with Crippen LogP contribution in [0.2, 0.25) is 0 Å². The highest BCUT2D eigenvalue weighted by atomic mass is 16.5. The zero-order valence-electron chi connectivity index (χ0n) is 14.6. The van der Waals surface area contributed by atoms with Crippen molar-refractivity contribution in [3.63, 3.8) is 0 Å². The predicted octanol–water partition coefficient (Wildman–Crippen LogP) is 4.65. The number of anilines is 1. The van der Waals surface area contributed by atoms with Gasteiger partial charge in [0.15, 0.2) is 0 Å². The van der Waals surface area contributed by atoms with Crippen LogP contribution in [-0.4, -0.2) is 19.6 Å². The fraction of sp³-hybridized carbons (Fsp3) is 0.0870. The highest BCUT2D eigenvalue weighted by Crippen LogP contribution is 2.37. The Balaban J connectivity index is 1.82. The maximum Gasteiger partial charge on any atom is 0.259 e. The van der Waals surface area contributed by atoms with Gasteiger partial charge < -0.3 is 9.64 Å². The summed E-state index contributed by atoms with van der Waals surface area (Å²) in [6.07, 6.45) is 0. The first-order valence-corrected chi connectivity index (χ1v) is 8.58. The van der Waals surface area contributed by atoms with Crippen molar-refractivity contribution in [3.8, 4) is 5.75 Å². The van der Waals surface area contributed by atoms with Crippen LogP contribution in [0.1, 0.15) is 11.1 Å². The molecule has 0 bridgehead atoms. The van der Waals surface area contributed by atoms with Gasteiger partial charge in [0.25, 0.3) is 5.91 Å². The number of hydrogen-bond acceptors (Lipinski definition) is 2. The molecule has 0 aliphatic carbocycles. The van der Waals surface area contributed by atoms with E-state index in [-0.39, 0.29) is 5.91 Å². The molecular formula is C23H19NO2. The van der Waals surface area contributed by atoms with Crippen molar-refractivity contribution in [2.45, 2.75) is 0 Å². The first-order chi connectivity index (χ1) is 12.8. The Labute approximate surface area is 153 Å². The standard InChI is InChI=1S/C23H19NO2/c1-26-20-14-12-18(13-15-20)22-21(17-8-4-2-5-9-17)16-24(23(22)25)19-10-6-3-7-11-19/h2-15H,16H2,1H3. The number of hydrogen-bond donors (Lipinski definition) is 0. The zero-order chi connectivity index (χ0) is 17.9. The van der Waals surface area contributed by atoms with Crippen molar-refractivity contribution in [2.75, 3.05) is 18.6 Å². The summed E-state index contributed by atoms with van der Waals surface area (Å²) in [7, 11) is 1.64. The summed E-state index contributed by atoms with van der Waals surface area (Å²) < 4.78 is 5.25. The molecule has 0 atom stereocenters. The van der Waals surface area contributed by atoms with Gasteiger partial charge in [0.05, 0.1) is 19.2 Å². The van der Waals surface area contributed by atoms with Crippen molar-refractivity contribution in [1.29, 1.82) is 0 Å². The minimum atomic E-state index is 0.0280. The molecule has 3 aromatic rings. The van der Waals surface area contributed by atoms with E-state index in [0.717, 1.165) is 33.7 Å². The lowest BCUT2D eigenvalue weighted by Gasteiger charge is -2.17. The molecule has 3 nitrogen and oxygen atoms in total. The summed E-state index contributed by atoms with van der Waals surface area (Å²) >= 11 is 0. The van der Waals surface area contributed by atoms with Gasteiger partial charge in [-0.2, -0.15) is 0 Å². The number of ether oxygens (including phenoxy) is 1. The van der Waals surface area contributed by atoms with Crippen LogP contribution < -0.4 is 9.64 Å². The van der Waals surface area contributed by atoms with E-state index in [1.165, 1.54) is 0 Å². The number of methoxy groups -OCH3 is 1. The summed E-state index contributed by atoms with van der Waals surface area (Å²) in [6, 6.07) is 27.6. The van der Waals surface area contributed by atoms with Crippen LogP contribution in [0.3, 0.4) is 0 Å². The molecule has 1 amide bonds. The van der Waals surface area contributed by atoms with E-state index >= 15 is 0 Å². The molecule has 1 heterocycles. The van der Waals surface area contributed by atoms with E-state index in [1.54, 1.807) is 7.11 Å². The van der Waals surface area contributed by atoms with Crippen molar-refractivity contribution in [1.82, 2.24) is 0 Å². The molecule has 128 valence electrons. The third kappa shape index (κ3) is 2.88. The zero-order valence-corrected chi connectivity index (χ0v) is 14.6. The molecule has 4 rings (SSSR count). The third-order valence-corrected chi connectivity index (χ3v) is 4.65. The molecule has 3 heteroatoms. The predicted molar refractivity (Wildman–Crippen MR) is 105 cm³/mol. The average Bonchev–Trinajstić information content (AvgIpc) is 3.06. The van der Waals surface area contributed by atoms with Crippen LogP contribution in [-0.2, 0) is 4.79 Å². The lowest BCUT2D eigenvalue weighted by atomic mass is 9.97. The largest absolute Gasteiger partial charge is 0.497 e. The Hall–Kier alpha value is -3.33. The SMILES string of the molecule is COc1ccc(C2=C(c3ccccc3)CN(c3ccccc3)C2=O)cc1. The van der Waals surface area contributed by atoms with E-state index in [1.807, 2.05) is 77.7 Å². The second-order valence-electron chi connectivity index (χ2n) is 6.17. The van der Waals surface area contributed by atoms with Gasteiger partial charge in [-0.15, -0.1) is 0 Å². The minimum Gasteiger partial charge on any atom is -0.497 e. The first-order valence-electron chi connectivity index (χ1n) is 8.58. The van der Waals surface area contributed by atoms with Gasteiger partial charge in [-0.3, -0.25) is 4.79 Å². The molecule has 26 heavy (non-hydrogen) atoms. The van der Waals surface area contributed by atoms with Gasteiger partial charge in [-0.1, -0.05) is 60.7 Å². The van der Waals surface area contributed by atoms with Crippen LogP contribution >= 0.6 is 0 Å². The summed E-state index contributed by atoms with van der Waals surface area (Å²) in [5.41, 5.74) is 4.69. The molecule has 0 saturated carbocycles. The third-order valence-electron chi connectivity index (χ3n) is 4.65. The normalized spacial score (nSPS) is 14.0. The Morgan fingerprint density at radius 3 is 2.00 bits per heavy atom. The van der Waals surface area contributed by atoms with Crippen molar-refractivity contribution in [3.05, 3.63) is 96.1 Å². The molecule has 1 aliphatic rings. The Kier molecular flexibility index (Phi) is 4.28. The average molecular weight is 341 g/mol. The van der Waals surface area contributed by atoms with Gasteiger partial charge in [-0.25, -0.2) is 0 Å². The van der Waals surface area contributed by atoms with Crippen molar-refractivity contribution >= 4 is 22.7 Å². The number of amides is 1. The highest BCUT2D eigenvalue weighted by Gasteiger charge is 2.32. The smallest absolute Gasteiger partial charge is 0.259 e. The van der Waals surface area contributed by atoms with E-state index in [0.29, 0.717) is 6.54 Å². The highest BCUT2D eigenvalue weighted by molar-refractivity contribution is 6.36. The van der Waals surface area contributed by atoms with E-state index in [2.05, 4.69) is 12.1 Å². The second kappa shape index (κ2) is 6.89. The van der Waals surface area contributed by atoms with Gasteiger partial charge in [0.1, 0.15) is 5.75 Å². The van der Waals surface area contributed by atoms with Crippen LogP contribution in [0, 0.1) is 0 Å². The molecular weight excluding hydrogens is 322 g/mol. The number of benzene rings is 3. The molecule has 0 N–H and O–H groups in total. The Bertz CT molecular complexity index is 945. The molecule has 1 aliphatic heterocycles. The molecule has 0 radical (unpaired) electrons. The molecule has 0 spiro atoms. The number of nitrogens with zero attached hydrogens (tertiary/aromatic N) is 1. The topological polar surface area (TPSA) is 29.5 Å². The Morgan fingerprint density at radius 1 is 0.769 bits per heavy atom. The lowest BCUT2D eigenvalue weighted by molar-refractivity contribution is -0.112. The summed E-state index contributed by atoms with van der Waals surface area (Å²) in [5, 5.41) is 0. The number of rotatable bonds is 4. The van der Waals surface area contributed by atoms with Crippen LogP contribution in [0.5, 0.6) is 5.75 Å². The van der Waals surface area contributed by atoms with Crippen LogP contribution in [0.25, 0.3) is 11.1 Å².